The Morgan fingerprint density at radius 1 is 1.29 bits per heavy atom. The molecule has 0 radical (unpaired) electrons. The van der Waals surface area contributed by atoms with Gasteiger partial charge < -0.3 is 5.73 Å². The molecule has 0 aromatic heterocycles. The van der Waals surface area contributed by atoms with E-state index in [2.05, 4.69) is 6.92 Å². The van der Waals surface area contributed by atoms with Gasteiger partial charge in [0.05, 0.1) is 0 Å². The summed E-state index contributed by atoms with van der Waals surface area (Å²) in [5.41, 5.74) is 8.94. The molecule has 0 unspecified atom stereocenters. The molecule has 14 heavy (non-hydrogen) atoms. The van der Waals surface area contributed by atoms with Crippen molar-refractivity contribution in [1.29, 1.82) is 0 Å². The molecule has 2 heteroatoms. The maximum Gasteiger partial charge on any atom is 2.00 e. The quantitative estimate of drug-likeness (QED) is 0.545. The molecule has 0 fully saturated rings. The van der Waals surface area contributed by atoms with Crippen molar-refractivity contribution in [3.63, 3.8) is 0 Å². The van der Waals surface area contributed by atoms with E-state index >= 15 is 0 Å². The number of hydrogen-bond acceptors (Lipinski definition) is 1. The standard InChI is InChI=1S/C7H10N.C5H5.Fe/c1-5-3-4-7(8)6(5)2;1-2-4-5-3-1;/h3-4H,8H2,1-2H3;1-5H;/q2*-1;+2. The Balaban J connectivity index is 0.000000246. The first-order valence-electron chi connectivity index (χ1n) is 4.37. The fourth-order valence-electron chi connectivity index (χ4n) is 1.01. The predicted octanol–water partition coefficient (Wildman–Crippen LogP) is 3.01. The summed E-state index contributed by atoms with van der Waals surface area (Å²) in [5.74, 6) is 0. The first-order chi connectivity index (χ1) is 6.22. The van der Waals surface area contributed by atoms with E-state index in [4.69, 9.17) is 5.73 Å². The van der Waals surface area contributed by atoms with Crippen LogP contribution in [0.25, 0.3) is 0 Å². The fourth-order valence-corrected chi connectivity index (χ4v) is 1.01. The molecule has 2 rings (SSSR count). The van der Waals surface area contributed by atoms with Gasteiger partial charge in [-0.05, 0) is 0 Å². The third-order valence-corrected chi connectivity index (χ3v) is 2.09. The summed E-state index contributed by atoms with van der Waals surface area (Å²) in [5, 5.41) is 0. The molecule has 0 heterocycles. The van der Waals surface area contributed by atoms with Crippen molar-refractivity contribution < 1.29 is 17.1 Å². The van der Waals surface area contributed by atoms with Crippen molar-refractivity contribution in [2.24, 2.45) is 0 Å². The average molecular weight is 229 g/mol. The van der Waals surface area contributed by atoms with Crippen LogP contribution in [0.2, 0.25) is 0 Å². The zero-order valence-corrected chi connectivity index (χ0v) is 9.58. The van der Waals surface area contributed by atoms with Gasteiger partial charge in [0.15, 0.2) is 0 Å². The molecule has 2 aromatic carbocycles. The van der Waals surface area contributed by atoms with E-state index in [9.17, 15) is 0 Å². The smallest absolute Gasteiger partial charge is 0.459 e. The maximum atomic E-state index is 5.54. The van der Waals surface area contributed by atoms with E-state index in [1.165, 1.54) is 11.1 Å². The molecule has 1 nitrogen and oxygen atoms in total. The molecule has 0 spiro atoms. The molecule has 0 saturated heterocycles. The Bertz CT molecular complexity index is 296. The number of hydrogen-bond donors (Lipinski definition) is 1. The summed E-state index contributed by atoms with van der Waals surface area (Å²) in [7, 11) is 0. The average Bonchev–Trinajstić information content (AvgIpc) is 2.75. The van der Waals surface area contributed by atoms with Gasteiger partial charge in [-0.25, -0.2) is 12.1 Å². The minimum Gasteiger partial charge on any atom is -0.459 e. The van der Waals surface area contributed by atoms with E-state index in [-0.39, 0.29) is 17.1 Å². The van der Waals surface area contributed by atoms with Gasteiger partial charge in [0.25, 0.3) is 0 Å². The summed E-state index contributed by atoms with van der Waals surface area (Å²) < 4.78 is 0. The Hall–Kier alpha value is -0.981. The van der Waals surface area contributed by atoms with Gasteiger partial charge in [-0.3, -0.25) is 0 Å². The number of nitrogen functional groups attached to an aromatic ring is 1. The SMILES string of the molecule is Cc1c(N)cc[c-]1C.[Fe+2].c1cc[cH-]c1. The Morgan fingerprint density at radius 2 is 1.86 bits per heavy atom. The van der Waals surface area contributed by atoms with Gasteiger partial charge in [0.1, 0.15) is 0 Å². The molecule has 0 atom stereocenters. The Labute approximate surface area is 96.1 Å². The predicted molar refractivity (Wildman–Crippen MR) is 58.0 cm³/mol. The number of nitrogens with two attached hydrogens (primary N) is 1. The van der Waals surface area contributed by atoms with Crippen LogP contribution in [-0.2, 0) is 17.1 Å². The molecule has 0 aliphatic heterocycles. The van der Waals surface area contributed by atoms with E-state index in [0.29, 0.717) is 0 Å². The summed E-state index contributed by atoms with van der Waals surface area (Å²) in [6.07, 6.45) is 0. The second-order valence-corrected chi connectivity index (χ2v) is 3.06. The van der Waals surface area contributed by atoms with Crippen molar-refractivity contribution in [2.75, 3.05) is 5.73 Å². The largest absolute Gasteiger partial charge is 2.00 e. The van der Waals surface area contributed by atoms with E-state index in [0.717, 1.165) is 5.69 Å². The van der Waals surface area contributed by atoms with Gasteiger partial charge in [-0.15, -0.1) is 11.3 Å². The Morgan fingerprint density at radius 3 is 2.00 bits per heavy atom. The molecule has 0 aliphatic rings. The van der Waals surface area contributed by atoms with Gasteiger partial charge in [-0.2, -0.15) is 35.9 Å². The molecule has 0 aliphatic carbocycles. The van der Waals surface area contributed by atoms with Gasteiger partial charge in [-0.1, -0.05) is 13.8 Å². The zero-order chi connectivity index (χ0) is 9.68. The Kier molecular flexibility index (Phi) is 6.02. The second kappa shape index (κ2) is 6.47. The summed E-state index contributed by atoms with van der Waals surface area (Å²) in [4.78, 5) is 0. The topological polar surface area (TPSA) is 26.0 Å². The van der Waals surface area contributed by atoms with Crippen molar-refractivity contribution in [3.05, 3.63) is 53.6 Å². The van der Waals surface area contributed by atoms with Crippen LogP contribution >= 0.6 is 0 Å². The molecule has 2 N–H and O–H groups in total. The van der Waals surface area contributed by atoms with Crippen molar-refractivity contribution in [2.45, 2.75) is 13.8 Å². The van der Waals surface area contributed by atoms with Crippen LogP contribution < -0.4 is 5.73 Å². The molecule has 0 bridgehead atoms. The molecule has 2 aromatic rings. The van der Waals surface area contributed by atoms with E-state index < -0.39 is 0 Å². The van der Waals surface area contributed by atoms with E-state index in [1.54, 1.807) is 0 Å². The molecule has 0 saturated carbocycles. The summed E-state index contributed by atoms with van der Waals surface area (Å²) in [6.45, 7) is 4.09. The second-order valence-electron chi connectivity index (χ2n) is 3.06. The van der Waals surface area contributed by atoms with Crippen molar-refractivity contribution in [1.82, 2.24) is 0 Å². The number of anilines is 1. The third kappa shape index (κ3) is 3.82. The van der Waals surface area contributed by atoms with Crippen LogP contribution in [0.3, 0.4) is 0 Å². The molecule has 0 amide bonds. The van der Waals surface area contributed by atoms with Crippen molar-refractivity contribution >= 4 is 5.69 Å². The molecule has 76 valence electrons. The summed E-state index contributed by atoms with van der Waals surface area (Å²) >= 11 is 0. The van der Waals surface area contributed by atoms with E-state index in [1.807, 2.05) is 49.4 Å². The van der Waals surface area contributed by atoms with Crippen LogP contribution in [0, 0.1) is 13.8 Å². The molecular formula is C12H15FeN. The fraction of sp³-hybridized carbons (Fsp3) is 0.167. The van der Waals surface area contributed by atoms with Crippen LogP contribution in [0.5, 0.6) is 0 Å². The van der Waals surface area contributed by atoms with Crippen LogP contribution in [0.4, 0.5) is 5.69 Å². The molecular weight excluding hydrogens is 214 g/mol. The number of rotatable bonds is 0. The third-order valence-electron chi connectivity index (χ3n) is 2.09. The van der Waals surface area contributed by atoms with Crippen LogP contribution in [0.1, 0.15) is 11.1 Å². The maximum absolute atomic E-state index is 5.54. The minimum absolute atomic E-state index is 0. The first kappa shape index (κ1) is 13.0. The van der Waals surface area contributed by atoms with Gasteiger partial charge in [0, 0.05) is 0 Å². The van der Waals surface area contributed by atoms with Crippen LogP contribution in [-0.4, -0.2) is 0 Å². The number of aryl methyl sites for hydroxylation is 1. The van der Waals surface area contributed by atoms with Gasteiger partial charge in [0.2, 0.25) is 0 Å². The monoisotopic (exact) mass is 229 g/mol. The minimum atomic E-state index is 0. The van der Waals surface area contributed by atoms with Crippen LogP contribution in [0.15, 0.2) is 42.5 Å². The zero-order valence-electron chi connectivity index (χ0n) is 8.47. The first-order valence-corrected chi connectivity index (χ1v) is 4.37. The van der Waals surface area contributed by atoms with Crippen molar-refractivity contribution in [3.8, 4) is 0 Å². The summed E-state index contributed by atoms with van der Waals surface area (Å²) in [6, 6.07) is 14.0. The normalized spacial score (nSPS) is 8.43. The van der Waals surface area contributed by atoms with Gasteiger partial charge >= 0.3 is 17.1 Å².